The zero-order valence-corrected chi connectivity index (χ0v) is 8.82. The number of nitrogens with zero attached hydrogens (tertiary/aromatic N) is 2. The fourth-order valence-electron chi connectivity index (χ4n) is 1.02. The Morgan fingerprint density at radius 2 is 1.93 bits per heavy atom. The van der Waals surface area contributed by atoms with Crippen molar-refractivity contribution in [2.24, 2.45) is 5.73 Å². The van der Waals surface area contributed by atoms with Gasteiger partial charge in [0.15, 0.2) is 0 Å². The molecular formula is C8H11ClF3N3. The molecule has 0 saturated heterocycles. The van der Waals surface area contributed by atoms with Crippen LogP contribution >= 0.6 is 12.4 Å². The number of hydrogen-bond acceptors (Lipinski definition) is 3. The van der Waals surface area contributed by atoms with Gasteiger partial charge in [-0.05, 0) is 19.5 Å². The molecule has 0 atom stereocenters. The molecule has 1 aromatic rings. The number of aromatic nitrogens is 2. The summed E-state index contributed by atoms with van der Waals surface area (Å²) in [5.74, 6) is 0.139. The van der Waals surface area contributed by atoms with Crippen LogP contribution in [0.1, 0.15) is 17.2 Å². The summed E-state index contributed by atoms with van der Waals surface area (Å²) >= 11 is 0. The number of halogens is 4. The van der Waals surface area contributed by atoms with Crippen LogP contribution in [-0.4, -0.2) is 16.5 Å². The Labute approximate surface area is 91.3 Å². The van der Waals surface area contributed by atoms with E-state index >= 15 is 0 Å². The standard InChI is InChI=1S/C8H10F3N3.ClH/c1-5-4-6(8(9,10)11)14-7(13-5)2-3-12;/h4H,2-3,12H2,1H3;1H. The SMILES string of the molecule is Cc1cc(C(F)(F)F)nc(CCN)n1.Cl. The maximum absolute atomic E-state index is 12.3. The number of nitrogens with two attached hydrogens (primary N) is 1. The van der Waals surface area contributed by atoms with Gasteiger partial charge in [0.2, 0.25) is 0 Å². The molecule has 1 aromatic heterocycles. The molecule has 7 heteroatoms. The van der Waals surface area contributed by atoms with Crippen LogP contribution in [-0.2, 0) is 12.6 Å². The maximum Gasteiger partial charge on any atom is 0.433 e. The van der Waals surface area contributed by atoms with Gasteiger partial charge in [0.05, 0.1) is 0 Å². The second kappa shape index (κ2) is 5.27. The maximum atomic E-state index is 12.3. The first-order valence-electron chi connectivity index (χ1n) is 4.05. The van der Waals surface area contributed by atoms with E-state index < -0.39 is 11.9 Å². The highest BCUT2D eigenvalue weighted by Crippen LogP contribution is 2.27. The first-order chi connectivity index (χ1) is 6.43. The van der Waals surface area contributed by atoms with E-state index in [9.17, 15) is 13.2 Å². The molecule has 0 aliphatic rings. The average molecular weight is 242 g/mol. The third-order valence-electron chi connectivity index (χ3n) is 1.56. The van der Waals surface area contributed by atoms with Crippen molar-refractivity contribution in [2.75, 3.05) is 6.54 Å². The summed E-state index contributed by atoms with van der Waals surface area (Å²) in [6.45, 7) is 1.73. The zero-order chi connectivity index (χ0) is 10.8. The molecule has 0 amide bonds. The lowest BCUT2D eigenvalue weighted by Gasteiger charge is -2.07. The lowest BCUT2D eigenvalue weighted by atomic mass is 10.3. The molecule has 1 heterocycles. The lowest BCUT2D eigenvalue weighted by molar-refractivity contribution is -0.141. The van der Waals surface area contributed by atoms with Gasteiger partial charge in [0.25, 0.3) is 0 Å². The third-order valence-corrected chi connectivity index (χ3v) is 1.56. The minimum Gasteiger partial charge on any atom is -0.330 e. The molecule has 3 nitrogen and oxygen atoms in total. The summed E-state index contributed by atoms with van der Waals surface area (Å²) in [7, 11) is 0. The number of hydrogen-bond donors (Lipinski definition) is 1. The summed E-state index contributed by atoms with van der Waals surface area (Å²) in [5, 5.41) is 0. The van der Waals surface area contributed by atoms with Crippen molar-refractivity contribution in [1.82, 2.24) is 9.97 Å². The Kier molecular flexibility index (Phi) is 4.96. The molecule has 0 bridgehead atoms. The predicted octanol–water partition coefficient (Wildman–Crippen LogP) is 1.73. The van der Waals surface area contributed by atoms with Crippen molar-refractivity contribution < 1.29 is 13.2 Å². The summed E-state index contributed by atoms with van der Waals surface area (Å²) in [4.78, 5) is 7.22. The Hall–Kier alpha value is -0.880. The van der Waals surface area contributed by atoms with Gasteiger partial charge in [0, 0.05) is 12.1 Å². The van der Waals surface area contributed by atoms with Gasteiger partial charge >= 0.3 is 6.18 Å². The average Bonchev–Trinajstić information content (AvgIpc) is 2.02. The first-order valence-corrected chi connectivity index (χ1v) is 4.05. The summed E-state index contributed by atoms with van der Waals surface area (Å²) in [6, 6.07) is 0.917. The van der Waals surface area contributed by atoms with Gasteiger partial charge in [-0.1, -0.05) is 0 Å². The van der Waals surface area contributed by atoms with Crippen molar-refractivity contribution in [1.29, 1.82) is 0 Å². The van der Waals surface area contributed by atoms with Crippen molar-refractivity contribution in [2.45, 2.75) is 19.5 Å². The van der Waals surface area contributed by atoms with Crippen LogP contribution < -0.4 is 5.73 Å². The molecule has 15 heavy (non-hydrogen) atoms. The van der Waals surface area contributed by atoms with E-state index in [-0.39, 0.29) is 31.2 Å². The topological polar surface area (TPSA) is 51.8 Å². The van der Waals surface area contributed by atoms with Gasteiger partial charge in [-0.15, -0.1) is 12.4 Å². The molecule has 1 rings (SSSR count). The smallest absolute Gasteiger partial charge is 0.330 e. The van der Waals surface area contributed by atoms with Gasteiger partial charge in [-0.2, -0.15) is 13.2 Å². The lowest BCUT2D eigenvalue weighted by Crippen LogP contribution is -2.14. The predicted molar refractivity (Wildman–Crippen MR) is 51.8 cm³/mol. The van der Waals surface area contributed by atoms with Crippen molar-refractivity contribution in [3.05, 3.63) is 23.3 Å². The quantitative estimate of drug-likeness (QED) is 0.858. The molecule has 86 valence electrons. The zero-order valence-electron chi connectivity index (χ0n) is 8.01. The molecule has 0 fully saturated rings. The molecule has 0 aliphatic carbocycles. The summed E-state index contributed by atoms with van der Waals surface area (Å²) < 4.78 is 36.8. The molecule has 0 spiro atoms. The van der Waals surface area contributed by atoms with Crippen LogP contribution in [0.3, 0.4) is 0 Å². The normalized spacial score (nSPS) is 11.0. The molecule has 0 unspecified atom stereocenters. The summed E-state index contributed by atoms with van der Waals surface area (Å²) in [5.41, 5.74) is 4.60. The molecule has 2 N–H and O–H groups in total. The Balaban J connectivity index is 0.00000196. The van der Waals surface area contributed by atoms with Crippen LogP contribution in [0, 0.1) is 6.92 Å². The Bertz CT molecular complexity index is 327. The number of alkyl halides is 3. The van der Waals surface area contributed by atoms with Crippen molar-refractivity contribution >= 4 is 12.4 Å². The molecule has 0 aliphatic heterocycles. The fourth-order valence-corrected chi connectivity index (χ4v) is 1.02. The molecule has 0 radical (unpaired) electrons. The number of rotatable bonds is 2. The van der Waals surface area contributed by atoms with E-state index in [0.717, 1.165) is 6.07 Å². The van der Waals surface area contributed by atoms with Crippen LogP contribution in [0.25, 0.3) is 0 Å². The van der Waals surface area contributed by atoms with E-state index in [1.54, 1.807) is 0 Å². The number of aryl methyl sites for hydroxylation is 1. The highest BCUT2D eigenvalue weighted by atomic mass is 35.5. The van der Waals surface area contributed by atoms with Crippen LogP contribution in [0.5, 0.6) is 0 Å². The Morgan fingerprint density at radius 1 is 1.33 bits per heavy atom. The van der Waals surface area contributed by atoms with Gasteiger partial charge in [-0.3, -0.25) is 0 Å². The van der Waals surface area contributed by atoms with E-state index in [2.05, 4.69) is 9.97 Å². The minimum absolute atomic E-state index is 0. The van der Waals surface area contributed by atoms with E-state index in [1.165, 1.54) is 6.92 Å². The highest BCUT2D eigenvalue weighted by Gasteiger charge is 2.33. The van der Waals surface area contributed by atoms with Crippen LogP contribution in [0.4, 0.5) is 13.2 Å². The monoisotopic (exact) mass is 241 g/mol. The van der Waals surface area contributed by atoms with E-state index in [0.29, 0.717) is 5.69 Å². The van der Waals surface area contributed by atoms with Crippen molar-refractivity contribution in [3.63, 3.8) is 0 Å². The van der Waals surface area contributed by atoms with Gasteiger partial charge in [-0.25, -0.2) is 9.97 Å². The second-order valence-corrected chi connectivity index (χ2v) is 2.85. The van der Waals surface area contributed by atoms with Gasteiger partial charge < -0.3 is 5.73 Å². The summed E-state index contributed by atoms with van der Waals surface area (Å²) in [6.07, 6.45) is -4.16. The Morgan fingerprint density at radius 3 is 2.40 bits per heavy atom. The highest BCUT2D eigenvalue weighted by molar-refractivity contribution is 5.85. The first kappa shape index (κ1) is 14.1. The van der Waals surface area contributed by atoms with Gasteiger partial charge in [0.1, 0.15) is 11.5 Å². The van der Waals surface area contributed by atoms with E-state index in [4.69, 9.17) is 5.73 Å². The van der Waals surface area contributed by atoms with Crippen molar-refractivity contribution in [3.8, 4) is 0 Å². The largest absolute Gasteiger partial charge is 0.433 e. The third kappa shape index (κ3) is 4.01. The molecular weight excluding hydrogens is 231 g/mol. The molecule has 0 saturated carbocycles. The fraction of sp³-hybridized carbons (Fsp3) is 0.500. The van der Waals surface area contributed by atoms with E-state index in [1.807, 2.05) is 0 Å². The second-order valence-electron chi connectivity index (χ2n) is 2.85. The minimum atomic E-state index is -4.42. The molecule has 0 aromatic carbocycles. The van der Waals surface area contributed by atoms with Crippen LogP contribution in [0.2, 0.25) is 0 Å². The van der Waals surface area contributed by atoms with Crippen LogP contribution in [0.15, 0.2) is 6.07 Å².